The molecule has 2 rings (SSSR count). The summed E-state index contributed by atoms with van der Waals surface area (Å²) in [5.41, 5.74) is 8.33. The molecule has 1 aromatic carbocycles. The van der Waals surface area contributed by atoms with Crippen molar-refractivity contribution in [3.63, 3.8) is 0 Å². The normalized spacial score (nSPS) is 10.4. The number of nitrogens with two attached hydrogens (primary N) is 1. The van der Waals surface area contributed by atoms with Gasteiger partial charge in [-0.1, -0.05) is 11.6 Å². The zero-order chi connectivity index (χ0) is 13.1. The molecule has 4 nitrogen and oxygen atoms in total. The van der Waals surface area contributed by atoms with E-state index in [2.05, 4.69) is 10.2 Å². The van der Waals surface area contributed by atoms with Crippen LogP contribution in [0.25, 0.3) is 0 Å². The van der Waals surface area contributed by atoms with Crippen LogP contribution in [0.3, 0.4) is 0 Å². The molecule has 18 heavy (non-hydrogen) atoms. The highest BCUT2D eigenvalue weighted by atomic mass is 35.5. The number of halogens is 1. The molecule has 0 bridgehead atoms. The second-order valence-electron chi connectivity index (χ2n) is 4.24. The summed E-state index contributed by atoms with van der Waals surface area (Å²) in [6.07, 6.45) is 0. The summed E-state index contributed by atoms with van der Waals surface area (Å²) in [5.74, 6) is 0.805. The van der Waals surface area contributed by atoms with Crippen LogP contribution < -0.4 is 10.6 Å². The fourth-order valence-electron chi connectivity index (χ4n) is 1.65. The lowest BCUT2D eigenvalue weighted by molar-refractivity contribution is 0.857. The third kappa shape index (κ3) is 2.90. The zero-order valence-electron chi connectivity index (χ0n) is 10.4. The average molecular weight is 263 g/mol. The Labute approximate surface area is 111 Å². The van der Waals surface area contributed by atoms with Crippen LogP contribution in [0.5, 0.6) is 0 Å². The maximum Gasteiger partial charge on any atom is 0.151 e. The van der Waals surface area contributed by atoms with Gasteiger partial charge >= 0.3 is 0 Å². The highest BCUT2D eigenvalue weighted by molar-refractivity contribution is 6.31. The van der Waals surface area contributed by atoms with Crippen LogP contribution in [-0.2, 0) is 6.54 Å². The molecule has 0 saturated carbocycles. The van der Waals surface area contributed by atoms with Crippen molar-refractivity contribution in [1.29, 1.82) is 0 Å². The molecule has 5 heteroatoms. The molecule has 0 aliphatic heterocycles. The number of aromatic nitrogens is 2. The molecule has 1 aromatic heterocycles. The quantitative estimate of drug-likeness (QED) is 0.864. The second kappa shape index (κ2) is 5.23. The van der Waals surface area contributed by atoms with Gasteiger partial charge in [-0.3, -0.25) is 0 Å². The molecule has 2 aromatic rings. The summed E-state index contributed by atoms with van der Waals surface area (Å²) in [7, 11) is 1.94. The summed E-state index contributed by atoms with van der Waals surface area (Å²) in [4.78, 5) is 1.98. The first-order valence-electron chi connectivity index (χ1n) is 5.61. The van der Waals surface area contributed by atoms with Gasteiger partial charge in [0.2, 0.25) is 0 Å². The van der Waals surface area contributed by atoms with Crippen molar-refractivity contribution in [3.05, 3.63) is 46.6 Å². The van der Waals surface area contributed by atoms with E-state index in [4.69, 9.17) is 17.3 Å². The van der Waals surface area contributed by atoms with Crippen molar-refractivity contribution in [2.45, 2.75) is 13.5 Å². The Morgan fingerprint density at radius 1 is 1.22 bits per heavy atom. The Morgan fingerprint density at radius 2 is 2.00 bits per heavy atom. The smallest absolute Gasteiger partial charge is 0.151 e. The molecule has 0 radical (unpaired) electrons. The molecule has 0 aliphatic carbocycles. The van der Waals surface area contributed by atoms with Crippen LogP contribution in [0, 0.1) is 6.92 Å². The first-order valence-corrected chi connectivity index (χ1v) is 5.99. The lowest BCUT2D eigenvalue weighted by Gasteiger charge is -2.18. The number of nitrogens with zero attached hydrogens (tertiary/aromatic N) is 3. The van der Waals surface area contributed by atoms with Gasteiger partial charge in [-0.25, -0.2) is 0 Å². The predicted octanol–water partition coefficient (Wildman–Crippen LogP) is 2.66. The lowest BCUT2D eigenvalue weighted by atomic mass is 10.2. The third-order valence-electron chi connectivity index (χ3n) is 2.65. The van der Waals surface area contributed by atoms with E-state index in [1.807, 2.05) is 37.1 Å². The summed E-state index contributed by atoms with van der Waals surface area (Å²) in [5, 5.41) is 8.87. The van der Waals surface area contributed by atoms with Gasteiger partial charge in [0, 0.05) is 24.3 Å². The molecular formula is C13H15ClN4. The van der Waals surface area contributed by atoms with E-state index in [1.165, 1.54) is 0 Å². The second-order valence-corrected chi connectivity index (χ2v) is 4.65. The maximum atomic E-state index is 6.13. The van der Waals surface area contributed by atoms with Crippen LogP contribution in [0.2, 0.25) is 5.02 Å². The van der Waals surface area contributed by atoms with E-state index < -0.39 is 0 Å². The molecule has 0 fully saturated rings. The largest absolute Gasteiger partial charge is 0.399 e. The Hall–Kier alpha value is -1.81. The molecule has 1 heterocycles. The van der Waals surface area contributed by atoms with E-state index in [9.17, 15) is 0 Å². The fourth-order valence-corrected chi connectivity index (χ4v) is 1.83. The Balaban J connectivity index is 2.18. The van der Waals surface area contributed by atoms with Gasteiger partial charge in [0.1, 0.15) is 0 Å². The number of rotatable bonds is 3. The van der Waals surface area contributed by atoms with Crippen LogP contribution in [-0.4, -0.2) is 17.2 Å². The minimum absolute atomic E-state index is 0.640. The van der Waals surface area contributed by atoms with Gasteiger partial charge in [0.05, 0.1) is 5.69 Å². The van der Waals surface area contributed by atoms with Gasteiger partial charge in [-0.05, 0) is 42.8 Å². The van der Waals surface area contributed by atoms with Gasteiger partial charge in [-0.15, -0.1) is 5.10 Å². The minimum Gasteiger partial charge on any atom is -0.399 e. The van der Waals surface area contributed by atoms with Crippen molar-refractivity contribution < 1.29 is 0 Å². The Kier molecular flexibility index (Phi) is 3.67. The third-order valence-corrected chi connectivity index (χ3v) is 3.02. The van der Waals surface area contributed by atoms with Crippen molar-refractivity contribution >= 4 is 23.1 Å². The molecular weight excluding hydrogens is 248 g/mol. The molecule has 0 spiro atoms. The number of hydrogen-bond donors (Lipinski definition) is 1. The Bertz CT molecular complexity index is 539. The molecule has 0 atom stereocenters. The lowest BCUT2D eigenvalue weighted by Crippen LogP contribution is -2.18. The predicted molar refractivity (Wildman–Crippen MR) is 74.7 cm³/mol. The standard InChI is InChI=1S/C13H15ClN4/c1-9-3-6-13(17-16-9)18(2)8-10-7-11(15)4-5-12(10)14/h3-7H,8,15H2,1-2H3. The maximum absolute atomic E-state index is 6.13. The summed E-state index contributed by atoms with van der Waals surface area (Å²) in [6.45, 7) is 2.55. The topological polar surface area (TPSA) is 55.0 Å². The van der Waals surface area contributed by atoms with Crippen molar-refractivity contribution in [2.24, 2.45) is 0 Å². The van der Waals surface area contributed by atoms with Crippen LogP contribution in [0.4, 0.5) is 11.5 Å². The van der Waals surface area contributed by atoms with E-state index in [-0.39, 0.29) is 0 Å². The van der Waals surface area contributed by atoms with Crippen molar-refractivity contribution in [3.8, 4) is 0 Å². The summed E-state index contributed by atoms with van der Waals surface area (Å²) < 4.78 is 0. The highest BCUT2D eigenvalue weighted by Gasteiger charge is 2.07. The molecule has 2 N–H and O–H groups in total. The van der Waals surface area contributed by atoms with Gasteiger partial charge in [0.15, 0.2) is 5.82 Å². The van der Waals surface area contributed by atoms with E-state index in [0.29, 0.717) is 17.3 Å². The SMILES string of the molecule is Cc1ccc(N(C)Cc2cc(N)ccc2Cl)nn1. The molecule has 0 amide bonds. The zero-order valence-corrected chi connectivity index (χ0v) is 11.1. The monoisotopic (exact) mass is 262 g/mol. The first-order chi connectivity index (χ1) is 8.56. The summed E-state index contributed by atoms with van der Waals surface area (Å²) in [6, 6.07) is 9.33. The van der Waals surface area contributed by atoms with Gasteiger partial charge in [0.25, 0.3) is 0 Å². The Morgan fingerprint density at radius 3 is 2.67 bits per heavy atom. The molecule has 94 valence electrons. The van der Waals surface area contributed by atoms with Crippen LogP contribution >= 0.6 is 11.6 Å². The van der Waals surface area contributed by atoms with Crippen LogP contribution in [0.15, 0.2) is 30.3 Å². The van der Waals surface area contributed by atoms with Crippen LogP contribution in [0.1, 0.15) is 11.3 Å². The number of hydrogen-bond acceptors (Lipinski definition) is 4. The van der Waals surface area contributed by atoms with Crippen molar-refractivity contribution in [1.82, 2.24) is 10.2 Å². The van der Waals surface area contributed by atoms with E-state index >= 15 is 0 Å². The number of aryl methyl sites for hydroxylation is 1. The number of benzene rings is 1. The molecule has 0 saturated heterocycles. The molecule has 0 aliphatic rings. The first kappa shape index (κ1) is 12.6. The molecule has 0 unspecified atom stereocenters. The number of nitrogen functional groups attached to an aromatic ring is 1. The van der Waals surface area contributed by atoms with Gasteiger partial charge < -0.3 is 10.6 Å². The summed E-state index contributed by atoms with van der Waals surface area (Å²) >= 11 is 6.13. The fraction of sp³-hybridized carbons (Fsp3) is 0.231. The average Bonchev–Trinajstić information content (AvgIpc) is 2.34. The van der Waals surface area contributed by atoms with E-state index in [0.717, 1.165) is 17.1 Å². The van der Waals surface area contributed by atoms with E-state index in [1.54, 1.807) is 12.1 Å². The highest BCUT2D eigenvalue weighted by Crippen LogP contribution is 2.21. The minimum atomic E-state index is 0.640. The van der Waals surface area contributed by atoms with Crippen molar-refractivity contribution in [2.75, 3.05) is 17.7 Å². The van der Waals surface area contributed by atoms with Gasteiger partial charge in [-0.2, -0.15) is 5.10 Å². The number of anilines is 2.